The predicted molar refractivity (Wildman–Crippen MR) is 114 cm³/mol. The second kappa shape index (κ2) is 7.75. The Kier molecular flexibility index (Phi) is 5.17. The van der Waals surface area contributed by atoms with Gasteiger partial charge in [0.05, 0.1) is 27.4 Å². The van der Waals surface area contributed by atoms with Gasteiger partial charge in [-0.1, -0.05) is 59.6 Å². The van der Waals surface area contributed by atoms with Gasteiger partial charge in [-0.15, -0.1) is 11.3 Å². The third kappa shape index (κ3) is 3.67. The molecule has 140 valence electrons. The number of thiophene rings is 1. The Morgan fingerprint density at radius 2 is 1.89 bits per heavy atom. The molecule has 0 saturated carbocycles. The van der Waals surface area contributed by atoms with Gasteiger partial charge in [0.2, 0.25) is 5.91 Å². The van der Waals surface area contributed by atoms with E-state index >= 15 is 0 Å². The zero-order chi connectivity index (χ0) is 19.7. The zero-order valence-electron chi connectivity index (χ0n) is 14.4. The van der Waals surface area contributed by atoms with E-state index in [9.17, 15) is 9.59 Å². The molecule has 4 aromatic rings. The first-order valence-electron chi connectivity index (χ1n) is 8.31. The number of halogens is 2. The number of fused-ring (bicyclic) bond motifs is 1. The third-order valence-corrected chi connectivity index (χ3v) is 6.03. The van der Waals surface area contributed by atoms with Crippen molar-refractivity contribution in [3.05, 3.63) is 81.3 Å². The minimum Gasteiger partial charge on any atom is -0.323 e. The summed E-state index contributed by atoms with van der Waals surface area (Å²) in [5.41, 5.74) is 1.14. The number of anilines is 1. The molecule has 1 amide bonds. The quantitative estimate of drug-likeness (QED) is 0.492. The van der Waals surface area contributed by atoms with Gasteiger partial charge in [-0.25, -0.2) is 4.98 Å². The second-order valence-electron chi connectivity index (χ2n) is 6.02. The van der Waals surface area contributed by atoms with Gasteiger partial charge in [0, 0.05) is 4.88 Å². The maximum absolute atomic E-state index is 12.8. The highest BCUT2D eigenvalue weighted by atomic mass is 35.5. The van der Waals surface area contributed by atoms with Crippen LogP contribution in [0.2, 0.25) is 10.0 Å². The highest BCUT2D eigenvalue weighted by Gasteiger charge is 2.13. The zero-order valence-corrected chi connectivity index (χ0v) is 16.7. The van der Waals surface area contributed by atoms with Gasteiger partial charge < -0.3 is 5.32 Å². The lowest BCUT2D eigenvalue weighted by Gasteiger charge is -2.09. The number of hydrogen-bond donors (Lipinski definition) is 1. The van der Waals surface area contributed by atoms with Crippen LogP contribution in [0.5, 0.6) is 0 Å². The lowest BCUT2D eigenvalue weighted by atomic mass is 10.2. The molecular formula is C20H13Cl2N3O2S. The molecule has 0 fully saturated rings. The van der Waals surface area contributed by atoms with Crippen LogP contribution in [0.1, 0.15) is 0 Å². The van der Waals surface area contributed by atoms with Crippen molar-refractivity contribution in [2.45, 2.75) is 6.54 Å². The van der Waals surface area contributed by atoms with Crippen molar-refractivity contribution in [3.63, 3.8) is 0 Å². The van der Waals surface area contributed by atoms with Crippen LogP contribution in [0, 0.1) is 0 Å². The SMILES string of the molecule is O=C(Cn1cnc2sc(-c3ccccc3)cc2c1=O)Nc1cccc(Cl)c1Cl. The minimum atomic E-state index is -0.397. The first-order valence-corrected chi connectivity index (χ1v) is 9.88. The Hall–Kier alpha value is -2.67. The molecule has 0 aliphatic carbocycles. The molecule has 0 atom stereocenters. The van der Waals surface area contributed by atoms with E-state index in [0.29, 0.717) is 20.9 Å². The summed E-state index contributed by atoms with van der Waals surface area (Å²) in [5, 5.41) is 3.74. The Morgan fingerprint density at radius 3 is 2.68 bits per heavy atom. The van der Waals surface area contributed by atoms with Gasteiger partial charge in [0.25, 0.3) is 5.56 Å². The molecule has 0 unspecified atom stereocenters. The van der Waals surface area contributed by atoms with Crippen LogP contribution in [-0.4, -0.2) is 15.5 Å². The standard InChI is InChI=1S/C20H13Cl2N3O2S/c21-14-7-4-8-15(18(14)22)24-17(26)10-25-11-23-19-13(20(25)27)9-16(28-19)12-5-2-1-3-6-12/h1-9,11H,10H2,(H,24,26). The Morgan fingerprint density at radius 1 is 1.11 bits per heavy atom. The van der Waals surface area contributed by atoms with E-state index in [1.807, 2.05) is 36.4 Å². The van der Waals surface area contributed by atoms with E-state index in [4.69, 9.17) is 23.2 Å². The van der Waals surface area contributed by atoms with E-state index in [-0.39, 0.29) is 17.1 Å². The molecule has 1 N–H and O–H groups in total. The smallest absolute Gasteiger partial charge is 0.262 e. The van der Waals surface area contributed by atoms with Crippen LogP contribution in [0.4, 0.5) is 5.69 Å². The van der Waals surface area contributed by atoms with Gasteiger partial charge in [0.15, 0.2) is 0 Å². The van der Waals surface area contributed by atoms with Crippen LogP contribution < -0.4 is 10.9 Å². The molecule has 0 bridgehead atoms. The minimum absolute atomic E-state index is 0.179. The van der Waals surface area contributed by atoms with Gasteiger partial charge in [-0.05, 0) is 23.8 Å². The topological polar surface area (TPSA) is 64.0 Å². The van der Waals surface area contributed by atoms with Gasteiger partial charge in [0.1, 0.15) is 11.4 Å². The summed E-state index contributed by atoms with van der Waals surface area (Å²) < 4.78 is 1.28. The molecular weight excluding hydrogens is 417 g/mol. The number of nitrogens with zero attached hydrogens (tertiary/aromatic N) is 2. The summed E-state index contributed by atoms with van der Waals surface area (Å²) in [7, 11) is 0. The first-order chi connectivity index (χ1) is 13.5. The molecule has 5 nitrogen and oxygen atoms in total. The highest BCUT2D eigenvalue weighted by Crippen LogP contribution is 2.31. The van der Waals surface area contributed by atoms with Crippen molar-refractivity contribution < 1.29 is 4.79 Å². The van der Waals surface area contributed by atoms with E-state index < -0.39 is 5.91 Å². The van der Waals surface area contributed by atoms with Crippen molar-refractivity contribution in [1.82, 2.24) is 9.55 Å². The summed E-state index contributed by atoms with van der Waals surface area (Å²) in [4.78, 5) is 31.1. The number of nitrogens with one attached hydrogen (secondary N) is 1. The fraction of sp³-hybridized carbons (Fsp3) is 0.0500. The predicted octanol–water partition coefficient (Wildman–Crippen LogP) is 5.07. The van der Waals surface area contributed by atoms with E-state index in [1.54, 1.807) is 18.2 Å². The van der Waals surface area contributed by atoms with Crippen molar-refractivity contribution >= 4 is 56.3 Å². The van der Waals surface area contributed by atoms with Crippen LogP contribution in [-0.2, 0) is 11.3 Å². The Labute approximate surface area is 174 Å². The first kappa shape index (κ1) is 18.7. The fourth-order valence-electron chi connectivity index (χ4n) is 2.76. The van der Waals surface area contributed by atoms with Crippen LogP contribution >= 0.6 is 34.5 Å². The van der Waals surface area contributed by atoms with Crippen molar-refractivity contribution in [2.75, 3.05) is 5.32 Å². The maximum atomic E-state index is 12.8. The molecule has 0 radical (unpaired) electrons. The molecule has 0 saturated heterocycles. The summed E-state index contributed by atoms with van der Waals surface area (Å²) in [6.45, 7) is -0.179. The molecule has 0 spiro atoms. The van der Waals surface area contributed by atoms with E-state index in [2.05, 4.69) is 10.3 Å². The van der Waals surface area contributed by atoms with Gasteiger partial charge >= 0.3 is 0 Å². The lowest BCUT2D eigenvalue weighted by Crippen LogP contribution is -2.27. The average molecular weight is 430 g/mol. The average Bonchev–Trinajstić information content (AvgIpc) is 3.14. The van der Waals surface area contributed by atoms with Crippen LogP contribution in [0.3, 0.4) is 0 Å². The number of rotatable bonds is 4. The van der Waals surface area contributed by atoms with E-state index in [1.165, 1.54) is 22.2 Å². The molecule has 2 heterocycles. The largest absolute Gasteiger partial charge is 0.323 e. The molecule has 0 aliphatic rings. The van der Waals surface area contributed by atoms with Gasteiger partial charge in [-0.3, -0.25) is 14.2 Å². The van der Waals surface area contributed by atoms with Gasteiger partial charge in [-0.2, -0.15) is 0 Å². The monoisotopic (exact) mass is 429 g/mol. The second-order valence-corrected chi connectivity index (χ2v) is 7.84. The van der Waals surface area contributed by atoms with Crippen molar-refractivity contribution in [1.29, 1.82) is 0 Å². The summed E-state index contributed by atoms with van der Waals surface area (Å²) in [6.07, 6.45) is 1.38. The molecule has 4 rings (SSSR count). The van der Waals surface area contributed by atoms with Crippen molar-refractivity contribution in [2.24, 2.45) is 0 Å². The molecule has 2 aromatic carbocycles. The summed E-state index contributed by atoms with van der Waals surface area (Å²) >= 11 is 13.5. The number of carbonyl (C=O) groups is 1. The van der Waals surface area contributed by atoms with E-state index in [0.717, 1.165) is 10.4 Å². The summed E-state index contributed by atoms with van der Waals surface area (Å²) in [5.74, 6) is -0.397. The molecule has 28 heavy (non-hydrogen) atoms. The van der Waals surface area contributed by atoms with Crippen LogP contribution in [0.25, 0.3) is 20.7 Å². The number of amides is 1. The number of aromatic nitrogens is 2. The van der Waals surface area contributed by atoms with Crippen LogP contribution in [0.15, 0.2) is 65.7 Å². The van der Waals surface area contributed by atoms with Crippen molar-refractivity contribution in [3.8, 4) is 10.4 Å². The fourth-order valence-corrected chi connectivity index (χ4v) is 4.10. The number of benzene rings is 2. The Balaban J connectivity index is 1.61. The number of carbonyl (C=O) groups excluding carboxylic acids is 1. The number of hydrogen-bond acceptors (Lipinski definition) is 4. The molecule has 0 aliphatic heterocycles. The highest BCUT2D eigenvalue weighted by molar-refractivity contribution is 7.21. The third-order valence-electron chi connectivity index (χ3n) is 4.12. The Bertz CT molecular complexity index is 1240. The summed E-state index contributed by atoms with van der Waals surface area (Å²) in [6, 6.07) is 16.5. The maximum Gasteiger partial charge on any atom is 0.262 e. The molecule has 8 heteroatoms. The molecule has 2 aromatic heterocycles. The normalized spacial score (nSPS) is 10.9. The lowest BCUT2D eigenvalue weighted by molar-refractivity contribution is -0.116.